The van der Waals surface area contributed by atoms with Crippen molar-refractivity contribution in [2.75, 3.05) is 6.54 Å². The van der Waals surface area contributed by atoms with Gasteiger partial charge in [0.15, 0.2) is 0 Å². The van der Waals surface area contributed by atoms with Crippen molar-refractivity contribution < 1.29 is 8.78 Å². The van der Waals surface area contributed by atoms with Crippen molar-refractivity contribution in [3.8, 4) is 0 Å². The van der Waals surface area contributed by atoms with Crippen LogP contribution in [0.1, 0.15) is 5.56 Å². The summed E-state index contributed by atoms with van der Waals surface area (Å²) in [5, 5.41) is 3.24. The van der Waals surface area contributed by atoms with Crippen LogP contribution in [0.3, 0.4) is 0 Å². The SMILES string of the molecule is Fc1ccc(F)c(CNCC(Cl)=CCl)c1. The first-order valence-corrected chi connectivity index (χ1v) is 5.04. The molecule has 0 atom stereocenters. The zero-order valence-corrected chi connectivity index (χ0v) is 9.25. The predicted molar refractivity (Wildman–Crippen MR) is 57.9 cm³/mol. The maximum Gasteiger partial charge on any atom is 0.127 e. The molecule has 0 bridgehead atoms. The van der Waals surface area contributed by atoms with Crippen LogP contribution in [0.5, 0.6) is 0 Å². The van der Waals surface area contributed by atoms with Gasteiger partial charge in [0, 0.05) is 29.2 Å². The molecule has 0 unspecified atom stereocenters. The Morgan fingerprint density at radius 3 is 2.80 bits per heavy atom. The Morgan fingerprint density at radius 2 is 2.13 bits per heavy atom. The predicted octanol–water partition coefficient (Wildman–Crippen LogP) is 3.37. The van der Waals surface area contributed by atoms with Gasteiger partial charge in [0.25, 0.3) is 0 Å². The third-order valence-electron chi connectivity index (χ3n) is 1.74. The minimum atomic E-state index is -0.466. The van der Waals surface area contributed by atoms with Crippen LogP contribution in [0.15, 0.2) is 28.8 Å². The summed E-state index contributed by atoms with van der Waals surface area (Å²) in [5.41, 5.74) is 1.48. The molecule has 0 saturated carbocycles. The molecule has 5 heteroatoms. The van der Waals surface area contributed by atoms with Gasteiger partial charge < -0.3 is 5.32 Å². The number of hydrogen-bond donors (Lipinski definition) is 1. The summed E-state index contributed by atoms with van der Waals surface area (Å²) in [4.78, 5) is 0. The molecule has 1 rings (SSSR count). The topological polar surface area (TPSA) is 12.0 Å². The molecule has 0 heterocycles. The molecule has 0 saturated heterocycles. The number of hydrogen-bond acceptors (Lipinski definition) is 1. The fraction of sp³-hybridized carbons (Fsp3) is 0.200. The van der Waals surface area contributed by atoms with Gasteiger partial charge in [0.2, 0.25) is 0 Å². The van der Waals surface area contributed by atoms with Gasteiger partial charge in [-0.2, -0.15) is 0 Å². The zero-order chi connectivity index (χ0) is 11.3. The number of nitrogens with one attached hydrogen (secondary N) is 1. The van der Waals surface area contributed by atoms with E-state index in [-0.39, 0.29) is 12.1 Å². The number of rotatable bonds is 4. The number of halogens is 4. The van der Waals surface area contributed by atoms with Crippen LogP contribution in [-0.2, 0) is 6.54 Å². The van der Waals surface area contributed by atoms with Crippen LogP contribution in [-0.4, -0.2) is 6.54 Å². The summed E-state index contributed by atoms with van der Waals surface area (Å²) < 4.78 is 25.8. The molecule has 0 fully saturated rings. The van der Waals surface area contributed by atoms with E-state index in [4.69, 9.17) is 23.2 Å². The first-order chi connectivity index (χ1) is 7.13. The molecular formula is C10H9Cl2F2N. The van der Waals surface area contributed by atoms with E-state index in [1.165, 1.54) is 5.54 Å². The highest BCUT2D eigenvalue weighted by molar-refractivity contribution is 6.36. The van der Waals surface area contributed by atoms with E-state index in [0.717, 1.165) is 18.2 Å². The standard InChI is InChI=1S/C10H9Cl2F2N/c11-4-8(12)6-15-5-7-3-9(13)1-2-10(7)14/h1-4,15H,5-6H2. The summed E-state index contributed by atoms with van der Waals surface area (Å²) in [7, 11) is 0. The lowest BCUT2D eigenvalue weighted by Crippen LogP contribution is -2.15. The maximum atomic E-state index is 13.1. The first-order valence-electron chi connectivity index (χ1n) is 4.23. The van der Waals surface area contributed by atoms with Crippen molar-refractivity contribution in [3.63, 3.8) is 0 Å². The molecule has 0 aliphatic heterocycles. The van der Waals surface area contributed by atoms with Crippen molar-refractivity contribution in [2.45, 2.75) is 6.54 Å². The van der Waals surface area contributed by atoms with Crippen LogP contribution in [0, 0.1) is 11.6 Å². The van der Waals surface area contributed by atoms with Crippen LogP contribution >= 0.6 is 23.2 Å². The lowest BCUT2D eigenvalue weighted by molar-refractivity contribution is 0.574. The molecule has 82 valence electrons. The highest BCUT2D eigenvalue weighted by Gasteiger charge is 2.03. The smallest absolute Gasteiger partial charge is 0.127 e. The zero-order valence-electron chi connectivity index (χ0n) is 7.74. The van der Waals surface area contributed by atoms with Gasteiger partial charge in [-0.3, -0.25) is 0 Å². The molecule has 0 aromatic heterocycles. The van der Waals surface area contributed by atoms with Crippen LogP contribution in [0.2, 0.25) is 0 Å². The summed E-state index contributed by atoms with van der Waals surface area (Å²) in [6.45, 7) is 0.519. The average molecular weight is 252 g/mol. The van der Waals surface area contributed by atoms with Crippen molar-refractivity contribution in [3.05, 3.63) is 46.0 Å². The third-order valence-corrected chi connectivity index (χ3v) is 2.35. The highest BCUT2D eigenvalue weighted by atomic mass is 35.5. The van der Waals surface area contributed by atoms with Gasteiger partial charge >= 0.3 is 0 Å². The molecule has 1 nitrogen and oxygen atoms in total. The molecule has 15 heavy (non-hydrogen) atoms. The molecule has 0 aliphatic carbocycles. The van der Waals surface area contributed by atoms with Crippen LogP contribution < -0.4 is 5.32 Å². The fourth-order valence-corrected chi connectivity index (χ4v) is 1.21. The minimum absolute atomic E-state index is 0.199. The Hall–Kier alpha value is -0.640. The lowest BCUT2D eigenvalue weighted by Gasteiger charge is -2.05. The fourth-order valence-electron chi connectivity index (χ4n) is 1.03. The summed E-state index contributed by atoms with van der Waals surface area (Å²) in [6.07, 6.45) is 0. The van der Waals surface area contributed by atoms with E-state index >= 15 is 0 Å². The lowest BCUT2D eigenvalue weighted by atomic mass is 10.2. The molecular weight excluding hydrogens is 243 g/mol. The van der Waals surface area contributed by atoms with E-state index < -0.39 is 11.6 Å². The van der Waals surface area contributed by atoms with Gasteiger partial charge in [-0.1, -0.05) is 23.2 Å². The Labute approximate surface area is 96.7 Å². The molecule has 0 spiro atoms. The van der Waals surface area contributed by atoms with Crippen molar-refractivity contribution in [1.29, 1.82) is 0 Å². The first kappa shape index (κ1) is 12.4. The van der Waals surface area contributed by atoms with Crippen molar-refractivity contribution in [1.82, 2.24) is 5.32 Å². The Morgan fingerprint density at radius 1 is 1.40 bits per heavy atom. The van der Waals surface area contributed by atoms with E-state index in [1.807, 2.05) is 0 Å². The second kappa shape index (κ2) is 6.05. The summed E-state index contributed by atoms with van der Waals surface area (Å²) in [5.74, 6) is -0.915. The van der Waals surface area contributed by atoms with Gasteiger partial charge in [-0.05, 0) is 18.2 Å². The summed E-state index contributed by atoms with van der Waals surface area (Å²) >= 11 is 10.9. The largest absolute Gasteiger partial charge is 0.308 e. The maximum absolute atomic E-state index is 13.1. The molecule has 0 aliphatic rings. The third kappa shape index (κ3) is 4.16. The van der Waals surface area contributed by atoms with Crippen LogP contribution in [0.25, 0.3) is 0 Å². The van der Waals surface area contributed by atoms with Crippen molar-refractivity contribution in [2.24, 2.45) is 0 Å². The summed E-state index contributed by atoms with van der Waals surface area (Å²) in [6, 6.07) is 3.30. The second-order valence-corrected chi connectivity index (χ2v) is 3.60. The Bertz CT molecular complexity index is 366. The average Bonchev–Trinajstić information content (AvgIpc) is 2.23. The van der Waals surface area contributed by atoms with Gasteiger partial charge in [-0.15, -0.1) is 0 Å². The minimum Gasteiger partial charge on any atom is -0.308 e. The van der Waals surface area contributed by atoms with E-state index in [1.54, 1.807) is 0 Å². The van der Waals surface area contributed by atoms with Gasteiger partial charge in [0.05, 0.1) is 0 Å². The second-order valence-electron chi connectivity index (χ2n) is 2.90. The van der Waals surface area contributed by atoms with Crippen LogP contribution in [0.4, 0.5) is 8.78 Å². The Balaban J connectivity index is 2.54. The normalized spacial score (nSPS) is 11.9. The van der Waals surface area contributed by atoms with E-state index in [2.05, 4.69) is 5.32 Å². The molecule has 1 aromatic carbocycles. The molecule has 0 radical (unpaired) electrons. The van der Waals surface area contributed by atoms with E-state index in [0.29, 0.717) is 11.6 Å². The van der Waals surface area contributed by atoms with E-state index in [9.17, 15) is 8.78 Å². The van der Waals surface area contributed by atoms with Crippen molar-refractivity contribution >= 4 is 23.2 Å². The van der Waals surface area contributed by atoms with Gasteiger partial charge in [-0.25, -0.2) is 8.78 Å². The Kier molecular flexibility index (Phi) is 5.02. The monoisotopic (exact) mass is 251 g/mol. The molecule has 1 aromatic rings. The molecule has 0 amide bonds. The van der Waals surface area contributed by atoms with Gasteiger partial charge in [0.1, 0.15) is 11.6 Å². The number of benzene rings is 1. The quantitative estimate of drug-likeness (QED) is 0.866. The highest BCUT2D eigenvalue weighted by Crippen LogP contribution is 2.09. The molecule has 1 N–H and O–H groups in total.